The monoisotopic (exact) mass is 519 g/mol. The van der Waals surface area contributed by atoms with E-state index in [1.54, 1.807) is 12.1 Å². The Labute approximate surface area is 217 Å². The lowest BCUT2D eigenvalue weighted by molar-refractivity contribution is -0.145. The van der Waals surface area contributed by atoms with Crippen LogP contribution in [0.2, 0.25) is 0 Å². The number of phenolic OH excluding ortho intramolecular Hbond substituents is 1. The summed E-state index contributed by atoms with van der Waals surface area (Å²) in [5.41, 5.74) is 12.3. The number of hydrogen-bond acceptors (Lipinski definition) is 7. The third-order valence-corrected chi connectivity index (χ3v) is 6.95. The van der Waals surface area contributed by atoms with Crippen LogP contribution >= 0.6 is 0 Å². The lowest BCUT2D eigenvalue weighted by atomic mass is 9.98. The molecule has 1 heterocycles. The molecule has 0 saturated carbocycles. The molecule has 11 nitrogen and oxygen atoms in total. The second kappa shape index (κ2) is 14.5. The number of aromatic hydroxyl groups is 1. The first-order valence-electron chi connectivity index (χ1n) is 13.0. The first-order chi connectivity index (χ1) is 17.6. The molecule has 0 bridgehead atoms. The lowest BCUT2D eigenvalue weighted by Crippen LogP contribution is -2.57. The molecule has 1 aliphatic heterocycles. The molecule has 5 unspecified atom stereocenters. The van der Waals surface area contributed by atoms with Crippen molar-refractivity contribution in [2.75, 3.05) is 13.1 Å². The summed E-state index contributed by atoms with van der Waals surface area (Å²) in [4.78, 5) is 52.7. The molecule has 1 aromatic rings. The maximum absolute atomic E-state index is 13.5. The molecule has 1 aromatic carbocycles. The third-order valence-electron chi connectivity index (χ3n) is 6.95. The Morgan fingerprint density at radius 3 is 2.38 bits per heavy atom. The van der Waals surface area contributed by atoms with Crippen molar-refractivity contribution in [2.45, 2.75) is 83.0 Å². The highest BCUT2D eigenvalue weighted by atomic mass is 16.4. The Morgan fingerprint density at radius 2 is 1.78 bits per heavy atom. The van der Waals surface area contributed by atoms with E-state index in [4.69, 9.17) is 11.5 Å². The number of carboxylic acid groups (broad SMARTS) is 1. The van der Waals surface area contributed by atoms with Gasteiger partial charge in [-0.15, -0.1) is 0 Å². The zero-order valence-electron chi connectivity index (χ0n) is 21.7. The number of nitrogens with two attached hydrogens (primary N) is 2. The average Bonchev–Trinajstić information content (AvgIpc) is 3.37. The fourth-order valence-corrected chi connectivity index (χ4v) is 4.37. The molecular weight excluding hydrogens is 478 g/mol. The molecular formula is C26H41N5O6. The lowest BCUT2D eigenvalue weighted by Gasteiger charge is -2.30. The highest BCUT2D eigenvalue weighted by Crippen LogP contribution is 2.21. The number of hydrogen-bond donors (Lipinski definition) is 6. The fraction of sp³-hybridized carbons (Fsp3) is 0.615. The van der Waals surface area contributed by atoms with Crippen LogP contribution in [-0.2, 0) is 25.6 Å². The Kier molecular flexibility index (Phi) is 11.8. The van der Waals surface area contributed by atoms with Crippen LogP contribution in [0.15, 0.2) is 24.3 Å². The van der Waals surface area contributed by atoms with E-state index in [0.717, 1.165) is 0 Å². The van der Waals surface area contributed by atoms with Gasteiger partial charge in [-0.1, -0.05) is 32.4 Å². The summed E-state index contributed by atoms with van der Waals surface area (Å²) in [6, 6.07) is 2.40. The number of rotatable bonds is 14. The van der Waals surface area contributed by atoms with Crippen molar-refractivity contribution >= 4 is 23.7 Å². The normalized spacial score (nSPS) is 18.5. The zero-order valence-corrected chi connectivity index (χ0v) is 21.7. The molecule has 1 aliphatic rings. The molecule has 2 rings (SSSR count). The second-order valence-corrected chi connectivity index (χ2v) is 9.72. The van der Waals surface area contributed by atoms with E-state index in [1.165, 1.54) is 17.0 Å². The van der Waals surface area contributed by atoms with Gasteiger partial charge in [0, 0.05) is 13.0 Å². The van der Waals surface area contributed by atoms with Gasteiger partial charge in [0.05, 0.1) is 6.04 Å². The fourth-order valence-electron chi connectivity index (χ4n) is 4.37. The molecule has 3 amide bonds. The summed E-state index contributed by atoms with van der Waals surface area (Å²) >= 11 is 0. The van der Waals surface area contributed by atoms with Crippen LogP contribution in [0.3, 0.4) is 0 Å². The Balaban J connectivity index is 2.13. The van der Waals surface area contributed by atoms with Crippen LogP contribution in [0, 0.1) is 5.92 Å². The summed E-state index contributed by atoms with van der Waals surface area (Å²) < 4.78 is 0. The number of carbonyl (C=O) groups is 4. The van der Waals surface area contributed by atoms with Gasteiger partial charge >= 0.3 is 5.97 Å². The van der Waals surface area contributed by atoms with Crippen LogP contribution in [0.4, 0.5) is 0 Å². The summed E-state index contributed by atoms with van der Waals surface area (Å²) in [6.45, 7) is 4.58. The Bertz CT molecular complexity index is 925. The number of phenols is 1. The van der Waals surface area contributed by atoms with Crippen molar-refractivity contribution in [3.63, 3.8) is 0 Å². The first-order valence-corrected chi connectivity index (χ1v) is 13.0. The van der Waals surface area contributed by atoms with E-state index < -0.39 is 42.0 Å². The van der Waals surface area contributed by atoms with Gasteiger partial charge in [0.15, 0.2) is 0 Å². The van der Waals surface area contributed by atoms with Crippen LogP contribution < -0.4 is 22.1 Å². The predicted octanol–water partition coefficient (Wildman–Crippen LogP) is 0.482. The number of nitrogens with one attached hydrogen (secondary N) is 2. The van der Waals surface area contributed by atoms with Crippen molar-refractivity contribution in [1.29, 1.82) is 0 Å². The number of benzene rings is 1. The third kappa shape index (κ3) is 8.71. The van der Waals surface area contributed by atoms with Crippen molar-refractivity contribution in [1.82, 2.24) is 15.5 Å². The quantitative estimate of drug-likeness (QED) is 0.191. The van der Waals surface area contributed by atoms with Gasteiger partial charge in [-0.05, 0) is 62.3 Å². The van der Waals surface area contributed by atoms with Crippen LogP contribution in [0.5, 0.6) is 5.75 Å². The average molecular weight is 520 g/mol. The van der Waals surface area contributed by atoms with Crippen molar-refractivity contribution in [2.24, 2.45) is 17.4 Å². The van der Waals surface area contributed by atoms with Crippen molar-refractivity contribution < 1.29 is 29.4 Å². The molecule has 8 N–H and O–H groups in total. The minimum atomic E-state index is -1.21. The minimum absolute atomic E-state index is 0.0211. The van der Waals surface area contributed by atoms with Crippen molar-refractivity contribution in [3.05, 3.63) is 29.8 Å². The second-order valence-electron chi connectivity index (χ2n) is 9.72. The summed E-state index contributed by atoms with van der Waals surface area (Å²) in [5.74, 6) is -2.57. The summed E-state index contributed by atoms with van der Waals surface area (Å²) in [5, 5.41) is 24.5. The molecule has 11 heteroatoms. The standard InChI is InChI=1S/C26H41N5O6/c1-3-16(2)22(28)24(34)29-19(7-4-5-13-27)25(35)31-14-6-8-21(31)23(33)30-20(26(36)37)15-17-9-11-18(32)12-10-17/h9-12,16,19-22,32H,3-8,13-15,27-28H2,1-2H3,(H,29,34)(H,30,33)(H,36,37). The number of amides is 3. The van der Waals surface area contributed by atoms with E-state index in [-0.39, 0.29) is 24.0 Å². The Morgan fingerprint density at radius 1 is 1.11 bits per heavy atom. The van der Waals surface area contributed by atoms with Gasteiger partial charge in [-0.25, -0.2) is 4.79 Å². The van der Waals surface area contributed by atoms with Gasteiger partial charge < -0.3 is 37.2 Å². The maximum Gasteiger partial charge on any atom is 0.326 e. The van der Waals surface area contributed by atoms with E-state index in [2.05, 4.69) is 10.6 Å². The Hall–Kier alpha value is -3.18. The number of likely N-dealkylation sites (tertiary alicyclic amines) is 1. The highest BCUT2D eigenvalue weighted by molar-refractivity contribution is 5.94. The number of carboxylic acids is 1. The van der Waals surface area contributed by atoms with E-state index in [9.17, 15) is 29.4 Å². The van der Waals surface area contributed by atoms with Crippen LogP contribution in [0.1, 0.15) is 57.9 Å². The van der Waals surface area contributed by atoms with E-state index >= 15 is 0 Å². The molecule has 0 radical (unpaired) electrons. The number of carbonyl (C=O) groups excluding carboxylic acids is 3. The molecule has 1 saturated heterocycles. The molecule has 5 atom stereocenters. The highest BCUT2D eigenvalue weighted by Gasteiger charge is 2.39. The van der Waals surface area contributed by atoms with Crippen LogP contribution in [0.25, 0.3) is 0 Å². The number of aliphatic carboxylic acids is 1. The van der Waals surface area contributed by atoms with Gasteiger partial charge in [0.25, 0.3) is 0 Å². The van der Waals surface area contributed by atoms with Gasteiger partial charge in [0.2, 0.25) is 17.7 Å². The maximum atomic E-state index is 13.5. The van der Waals surface area contributed by atoms with E-state index in [1.807, 2.05) is 13.8 Å². The van der Waals surface area contributed by atoms with Gasteiger partial charge in [-0.3, -0.25) is 14.4 Å². The SMILES string of the molecule is CCC(C)C(N)C(=O)NC(CCCCN)C(=O)N1CCCC1C(=O)NC(Cc1ccc(O)cc1)C(=O)O. The first kappa shape index (κ1) is 30.0. The summed E-state index contributed by atoms with van der Waals surface area (Å²) in [6.07, 6.45) is 3.35. The number of nitrogens with zero attached hydrogens (tertiary/aromatic N) is 1. The molecule has 1 fully saturated rings. The van der Waals surface area contributed by atoms with Gasteiger partial charge in [0.1, 0.15) is 23.9 Å². The number of unbranched alkanes of at least 4 members (excludes halogenated alkanes) is 1. The van der Waals surface area contributed by atoms with Crippen LogP contribution in [-0.4, -0.2) is 76.1 Å². The topological polar surface area (TPSA) is 188 Å². The predicted molar refractivity (Wildman–Crippen MR) is 138 cm³/mol. The van der Waals surface area contributed by atoms with Gasteiger partial charge in [-0.2, -0.15) is 0 Å². The van der Waals surface area contributed by atoms with Crippen molar-refractivity contribution in [3.8, 4) is 5.75 Å². The molecule has 206 valence electrons. The van der Waals surface area contributed by atoms with E-state index in [0.29, 0.717) is 57.2 Å². The molecule has 0 aromatic heterocycles. The molecule has 0 aliphatic carbocycles. The zero-order chi connectivity index (χ0) is 27.5. The minimum Gasteiger partial charge on any atom is -0.508 e. The summed E-state index contributed by atoms with van der Waals surface area (Å²) in [7, 11) is 0. The largest absolute Gasteiger partial charge is 0.508 e. The molecule has 0 spiro atoms. The smallest absolute Gasteiger partial charge is 0.326 e. The molecule has 37 heavy (non-hydrogen) atoms.